The van der Waals surface area contributed by atoms with E-state index < -0.39 is 15.7 Å². The van der Waals surface area contributed by atoms with Crippen LogP contribution in [0.15, 0.2) is 41.3 Å². The second-order valence-corrected chi connectivity index (χ2v) is 10.5. The van der Waals surface area contributed by atoms with E-state index >= 15 is 0 Å². The minimum Gasteiger partial charge on any atom is -0.495 e. The van der Waals surface area contributed by atoms with E-state index in [9.17, 15) is 13.2 Å². The third kappa shape index (κ3) is 5.03. The molecule has 1 aromatic heterocycles. The van der Waals surface area contributed by atoms with Crippen molar-refractivity contribution in [2.24, 2.45) is 0 Å². The van der Waals surface area contributed by atoms with E-state index in [2.05, 4.69) is 4.98 Å². The Morgan fingerprint density at radius 2 is 1.69 bits per heavy atom. The highest BCUT2D eigenvalue weighted by molar-refractivity contribution is 7.90. The SMILES string of the molecule is COc1ccc(OC)c2sc(N(CCCN(C)C)C(=O)c3ccccc3S(C)(=O)=O)nc12. The van der Waals surface area contributed by atoms with Crippen molar-refractivity contribution < 1.29 is 22.7 Å². The lowest BCUT2D eigenvalue weighted by Crippen LogP contribution is -2.34. The van der Waals surface area contributed by atoms with Gasteiger partial charge in [0, 0.05) is 12.8 Å². The molecule has 3 aromatic rings. The maximum atomic E-state index is 13.6. The predicted octanol–water partition coefficient (Wildman–Crippen LogP) is 3.32. The minimum atomic E-state index is -3.59. The fourth-order valence-electron chi connectivity index (χ4n) is 3.33. The largest absolute Gasteiger partial charge is 0.495 e. The van der Waals surface area contributed by atoms with Crippen molar-refractivity contribution in [2.45, 2.75) is 11.3 Å². The van der Waals surface area contributed by atoms with Crippen LogP contribution in [0.2, 0.25) is 0 Å². The number of nitrogens with zero attached hydrogens (tertiary/aromatic N) is 3. The van der Waals surface area contributed by atoms with Crippen LogP contribution >= 0.6 is 11.3 Å². The Bertz CT molecular complexity index is 1180. The molecule has 0 aliphatic carbocycles. The highest BCUT2D eigenvalue weighted by atomic mass is 32.2. The van der Waals surface area contributed by atoms with E-state index in [1.54, 1.807) is 38.5 Å². The molecule has 0 fully saturated rings. The van der Waals surface area contributed by atoms with Crippen LogP contribution in [0, 0.1) is 0 Å². The van der Waals surface area contributed by atoms with Gasteiger partial charge in [-0.15, -0.1) is 0 Å². The van der Waals surface area contributed by atoms with Crippen LogP contribution < -0.4 is 14.4 Å². The number of hydrogen-bond acceptors (Lipinski definition) is 8. The molecular formula is C22H27N3O5S2. The van der Waals surface area contributed by atoms with Gasteiger partial charge in [-0.2, -0.15) is 0 Å². The second kappa shape index (κ2) is 9.85. The molecule has 0 spiro atoms. The number of hydrogen-bond donors (Lipinski definition) is 0. The molecule has 0 unspecified atom stereocenters. The number of amides is 1. The van der Waals surface area contributed by atoms with Gasteiger partial charge < -0.3 is 14.4 Å². The molecule has 0 aliphatic heterocycles. The van der Waals surface area contributed by atoms with Crippen molar-refractivity contribution in [1.29, 1.82) is 0 Å². The number of benzene rings is 2. The maximum Gasteiger partial charge on any atom is 0.261 e. The molecule has 0 bridgehead atoms. The number of thiazole rings is 1. The lowest BCUT2D eigenvalue weighted by atomic mass is 10.2. The number of anilines is 1. The van der Waals surface area contributed by atoms with Gasteiger partial charge >= 0.3 is 0 Å². The summed E-state index contributed by atoms with van der Waals surface area (Å²) in [5, 5.41) is 0.454. The van der Waals surface area contributed by atoms with Crippen LogP contribution in [0.3, 0.4) is 0 Å². The first kappa shape index (κ1) is 24.0. The summed E-state index contributed by atoms with van der Waals surface area (Å²) in [5.41, 5.74) is 0.715. The first-order chi connectivity index (χ1) is 15.2. The van der Waals surface area contributed by atoms with E-state index in [1.807, 2.05) is 19.0 Å². The highest BCUT2D eigenvalue weighted by Gasteiger charge is 2.27. The van der Waals surface area contributed by atoms with Gasteiger partial charge in [0.2, 0.25) is 0 Å². The molecule has 1 heterocycles. The zero-order valence-corrected chi connectivity index (χ0v) is 20.4. The summed E-state index contributed by atoms with van der Waals surface area (Å²) in [6.45, 7) is 1.13. The molecule has 0 saturated heterocycles. The first-order valence-electron chi connectivity index (χ1n) is 9.94. The summed E-state index contributed by atoms with van der Waals surface area (Å²) in [6.07, 6.45) is 1.78. The van der Waals surface area contributed by atoms with Crippen molar-refractivity contribution in [1.82, 2.24) is 9.88 Å². The topological polar surface area (TPSA) is 89.0 Å². The Labute approximate surface area is 192 Å². The third-order valence-electron chi connectivity index (χ3n) is 4.88. The Morgan fingerprint density at radius 1 is 1.03 bits per heavy atom. The summed E-state index contributed by atoms with van der Waals surface area (Å²) >= 11 is 1.31. The number of carbonyl (C=O) groups is 1. The van der Waals surface area contributed by atoms with Gasteiger partial charge in [0.25, 0.3) is 5.91 Å². The number of rotatable bonds is 9. The zero-order chi connectivity index (χ0) is 23.5. The van der Waals surface area contributed by atoms with Crippen molar-refractivity contribution >= 4 is 42.4 Å². The van der Waals surface area contributed by atoms with Gasteiger partial charge in [-0.25, -0.2) is 13.4 Å². The normalized spacial score (nSPS) is 11.7. The summed E-state index contributed by atoms with van der Waals surface area (Å²) in [6, 6.07) is 9.81. The smallest absolute Gasteiger partial charge is 0.261 e. The molecule has 172 valence electrons. The van der Waals surface area contributed by atoms with Crippen LogP contribution in [0.25, 0.3) is 10.2 Å². The molecule has 0 radical (unpaired) electrons. The highest BCUT2D eigenvalue weighted by Crippen LogP contribution is 2.40. The van der Waals surface area contributed by atoms with Crippen molar-refractivity contribution in [2.75, 3.05) is 52.6 Å². The van der Waals surface area contributed by atoms with Gasteiger partial charge in [-0.3, -0.25) is 9.69 Å². The fourth-order valence-corrected chi connectivity index (χ4v) is 5.31. The molecule has 10 heteroatoms. The fraction of sp³-hybridized carbons (Fsp3) is 0.364. The van der Waals surface area contributed by atoms with E-state index in [0.29, 0.717) is 35.1 Å². The molecule has 2 aromatic carbocycles. The number of methoxy groups -OCH3 is 2. The van der Waals surface area contributed by atoms with Gasteiger partial charge in [0.1, 0.15) is 21.7 Å². The Hall–Kier alpha value is -2.69. The molecule has 8 nitrogen and oxygen atoms in total. The van der Waals surface area contributed by atoms with Crippen molar-refractivity contribution in [3.05, 3.63) is 42.0 Å². The predicted molar refractivity (Wildman–Crippen MR) is 127 cm³/mol. The number of aromatic nitrogens is 1. The Kier molecular flexibility index (Phi) is 7.37. The van der Waals surface area contributed by atoms with Crippen LogP contribution in [0.4, 0.5) is 5.13 Å². The number of fused-ring (bicyclic) bond motifs is 1. The Balaban J connectivity index is 2.13. The molecule has 32 heavy (non-hydrogen) atoms. The molecule has 0 saturated carbocycles. The summed E-state index contributed by atoms with van der Waals surface area (Å²) < 4.78 is 36.3. The lowest BCUT2D eigenvalue weighted by molar-refractivity contribution is 0.0983. The van der Waals surface area contributed by atoms with Crippen molar-refractivity contribution in [3.63, 3.8) is 0 Å². The Morgan fingerprint density at radius 3 is 2.31 bits per heavy atom. The van der Waals surface area contributed by atoms with Crippen LogP contribution in [-0.4, -0.2) is 71.9 Å². The zero-order valence-electron chi connectivity index (χ0n) is 18.8. The van der Waals surface area contributed by atoms with Gasteiger partial charge in [0.15, 0.2) is 15.0 Å². The molecule has 1 amide bonds. The maximum absolute atomic E-state index is 13.6. The summed E-state index contributed by atoms with van der Waals surface area (Å²) in [5.74, 6) is 0.782. The molecule has 0 N–H and O–H groups in total. The van der Waals surface area contributed by atoms with E-state index in [-0.39, 0.29) is 10.5 Å². The van der Waals surface area contributed by atoms with E-state index in [4.69, 9.17) is 9.47 Å². The summed E-state index contributed by atoms with van der Waals surface area (Å²) in [4.78, 5) is 21.9. The monoisotopic (exact) mass is 477 g/mol. The number of ether oxygens (including phenoxy) is 2. The first-order valence-corrected chi connectivity index (χ1v) is 12.7. The van der Waals surface area contributed by atoms with E-state index in [0.717, 1.165) is 17.5 Å². The van der Waals surface area contributed by atoms with E-state index in [1.165, 1.54) is 28.4 Å². The molecule has 0 aliphatic rings. The molecule has 3 rings (SSSR count). The quantitative estimate of drug-likeness (QED) is 0.467. The molecule has 0 atom stereocenters. The molecular weight excluding hydrogens is 450 g/mol. The number of sulfone groups is 1. The van der Waals surface area contributed by atoms with Crippen LogP contribution in [0.5, 0.6) is 11.5 Å². The van der Waals surface area contributed by atoms with Gasteiger partial charge in [-0.1, -0.05) is 23.5 Å². The average Bonchev–Trinajstić information content (AvgIpc) is 3.20. The third-order valence-corrected chi connectivity index (χ3v) is 7.13. The van der Waals surface area contributed by atoms with Crippen LogP contribution in [-0.2, 0) is 9.84 Å². The lowest BCUT2D eigenvalue weighted by Gasteiger charge is -2.22. The van der Waals surface area contributed by atoms with Crippen molar-refractivity contribution in [3.8, 4) is 11.5 Å². The van der Waals surface area contributed by atoms with Gasteiger partial charge in [0.05, 0.1) is 24.7 Å². The minimum absolute atomic E-state index is 0.00104. The standard InChI is InChI=1S/C22H27N3O5S2/c1-24(2)13-8-14-25(21(26)15-9-6-7-10-18(15)32(5,27)28)22-23-19-16(29-3)11-12-17(30-4)20(19)31-22/h6-7,9-12H,8,13-14H2,1-5H3. The second-order valence-electron chi connectivity index (χ2n) is 7.53. The van der Waals surface area contributed by atoms with Gasteiger partial charge in [-0.05, 0) is 51.3 Å². The number of carbonyl (C=O) groups excluding carboxylic acids is 1. The summed E-state index contributed by atoms with van der Waals surface area (Å²) in [7, 11) is 3.46. The average molecular weight is 478 g/mol. The van der Waals surface area contributed by atoms with Crippen LogP contribution in [0.1, 0.15) is 16.8 Å².